The Hall–Kier alpha value is -1.88. The summed E-state index contributed by atoms with van der Waals surface area (Å²) in [5.41, 5.74) is 1.60. The minimum absolute atomic E-state index is 0.0205. The maximum Gasteiger partial charge on any atom is 0.354 e. The Kier molecular flexibility index (Phi) is 3.39. The van der Waals surface area contributed by atoms with Crippen molar-refractivity contribution in [1.29, 1.82) is 0 Å². The van der Waals surface area contributed by atoms with Crippen LogP contribution >= 0.6 is 15.9 Å². The van der Waals surface area contributed by atoms with E-state index >= 15 is 0 Å². The zero-order valence-corrected chi connectivity index (χ0v) is 10.3. The third kappa shape index (κ3) is 3.04. The number of carboxylic acids is 1. The summed E-state index contributed by atoms with van der Waals surface area (Å²) in [5, 5.41) is 11.9. The molecule has 0 fully saturated rings. The molecular weight excluding hydrogens is 284 g/mol. The van der Waals surface area contributed by atoms with Crippen LogP contribution in [0.3, 0.4) is 0 Å². The first kappa shape index (κ1) is 11.6. The van der Waals surface area contributed by atoms with Crippen LogP contribution in [0.1, 0.15) is 10.5 Å². The molecule has 0 amide bonds. The number of aromatic carboxylic acids is 1. The zero-order valence-electron chi connectivity index (χ0n) is 8.72. The molecule has 2 aromatic rings. The Morgan fingerprint density at radius 2 is 1.88 bits per heavy atom. The number of benzene rings is 1. The van der Waals surface area contributed by atoms with Gasteiger partial charge in [0, 0.05) is 22.0 Å². The highest BCUT2D eigenvalue weighted by molar-refractivity contribution is 9.10. The smallest absolute Gasteiger partial charge is 0.354 e. The summed E-state index contributed by atoms with van der Waals surface area (Å²) < 4.78 is 0.990. The van der Waals surface area contributed by atoms with Crippen LogP contribution in [0.25, 0.3) is 0 Å². The molecule has 0 radical (unpaired) electrons. The normalized spacial score (nSPS) is 9.94. The van der Waals surface area contributed by atoms with Crippen molar-refractivity contribution in [3.05, 3.63) is 52.8 Å². The van der Waals surface area contributed by atoms with E-state index in [0.717, 1.165) is 10.2 Å². The van der Waals surface area contributed by atoms with Crippen molar-refractivity contribution in [2.45, 2.75) is 0 Å². The third-order valence-corrected chi connectivity index (χ3v) is 2.64. The maximum atomic E-state index is 10.8. The Labute approximate surface area is 106 Å². The van der Waals surface area contributed by atoms with Gasteiger partial charge in [-0.05, 0) is 36.4 Å². The fraction of sp³-hybridized carbons (Fsp3) is 0. The zero-order chi connectivity index (χ0) is 12.3. The largest absolute Gasteiger partial charge is 0.477 e. The fourth-order valence-corrected chi connectivity index (χ4v) is 1.59. The second-order valence-electron chi connectivity index (χ2n) is 3.37. The summed E-state index contributed by atoms with van der Waals surface area (Å²) >= 11 is 3.35. The number of anilines is 2. The lowest BCUT2D eigenvalue weighted by Gasteiger charge is -2.06. The Bertz CT molecular complexity index is 540. The van der Waals surface area contributed by atoms with Crippen molar-refractivity contribution in [2.24, 2.45) is 0 Å². The summed E-state index contributed by atoms with van der Waals surface area (Å²) in [5.74, 6) is -1.04. The van der Waals surface area contributed by atoms with Gasteiger partial charge in [-0.3, -0.25) is 0 Å². The summed E-state index contributed by atoms with van der Waals surface area (Å²) in [7, 11) is 0. The van der Waals surface area contributed by atoms with E-state index in [-0.39, 0.29) is 5.69 Å². The number of carbonyl (C=O) groups is 1. The minimum atomic E-state index is -1.04. The predicted octanol–water partition coefficient (Wildman–Crippen LogP) is 3.29. The maximum absolute atomic E-state index is 10.8. The number of hydrogen-bond donors (Lipinski definition) is 2. The van der Waals surface area contributed by atoms with Crippen molar-refractivity contribution in [2.75, 3.05) is 5.32 Å². The summed E-state index contributed by atoms with van der Waals surface area (Å²) in [6.07, 6.45) is 1.46. The van der Waals surface area contributed by atoms with E-state index in [2.05, 4.69) is 26.2 Å². The third-order valence-electron chi connectivity index (χ3n) is 2.11. The van der Waals surface area contributed by atoms with E-state index in [0.29, 0.717) is 5.69 Å². The SMILES string of the molecule is O=C(O)c1cc(Nc2ccc(Br)cc2)ccn1. The number of nitrogens with one attached hydrogen (secondary N) is 1. The Morgan fingerprint density at radius 1 is 1.18 bits per heavy atom. The lowest BCUT2D eigenvalue weighted by atomic mass is 10.3. The monoisotopic (exact) mass is 292 g/mol. The van der Waals surface area contributed by atoms with Gasteiger partial charge in [-0.25, -0.2) is 9.78 Å². The van der Waals surface area contributed by atoms with Crippen LogP contribution in [0.5, 0.6) is 0 Å². The number of halogens is 1. The first-order chi connectivity index (χ1) is 8.15. The van der Waals surface area contributed by atoms with Crippen LogP contribution in [0, 0.1) is 0 Å². The number of aromatic nitrogens is 1. The number of pyridine rings is 1. The summed E-state index contributed by atoms with van der Waals surface area (Å²) in [6, 6.07) is 10.8. The average Bonchev–Trinajstić information content (AvgIpc) is 2.32. The molecule has 5 heteroatoms. The number of hydrogen-bond acceptors (Lipinski definition) is 3. The van der Waals surface area contributed by atoms with Gasteiger partial charge in [0.25, 0.3) is 0 Å². The first-order valence-electron chi connectivity index (χ1n) is 4.87. The number of nitrogens with zero attached hydrogens (tertiary/aromatic N) is 1. The highest BCUT2D eigenvalue weighted by Crippen LogP contribution is 2.19. The second kappa shape index (κ2) is 4.97. The molecule has 1 aromatic heterocycles. The van der Waals surface area contributed by atoms with Crippen LogP contribution in [0.15, 0.2) is 47.1 Å². The molecule has 0 aliphatic rings. The quantitative estimate of drug-likeness (QED) is 0.911. The topological polar surface area (TPSA) is 62.2 Å². The van der Waals surface area contributed by atoms with Crippen LogP contribution < -0.4 is 5.32 Å². The van der Waals surface area contributed by atoms with E-state index < -0.39 is 5.97 Å². The average molecular weight is 293 g/mol. The molecule has 0 saturated carbocycles. The summed E-state index contributed by atoms with van der Waals surface area (Å²) in [6.45, 7) is 0. The van der Waals surface area contributed by atoms with Crippen molar-refractivity contribution in [3.63, 3.8) is 0 Å². The minimum Gasteiger partial charge on any atom is -0.477 e. The van der Waals surface area contributed by atoms with Crippen LogP contribution in [-0.2, 0) is 0 Å². The molecule has 1 aromatic carbocycles. The summed E-state index contributed by atoms with van der Waals surface area (Å²) in [4.78, 5) is 14.5. The van der Waals surface area contributed by atoms with Gasteiger partial charge >= 0.3 is 5.97 Å². The molecule has 0 unspecified atom stereocenters. The molecule has 0 saturated heterocycles. The standard InChI is InChI=1S/C12H9BrN2O2/c13-8-1-3-9(4-2-8)15-10-5-6-14-11(7-10)12(16)17/h1-7H,(H,14,15)(H,16,17). The van der Waals surface area contributed by atoms with Gasteiger partial charge in [0.15, 0.2) is 0 Å². The van der Waals surface area contributed by atoms with E-state index in [9.17, 15) is 4.79 Å². The van der Waals surface area contributed by atoms with Gasteiger partial charge in [-0.15, -0.1) is 0 Å². The second-order valence-corrected chi connectivity index (χ2v) is 4.28. The lowest BCUT2D eigenvalue weighted by molar-refractivity contribution is 0.0690. The van der Waals surface area contributed by atoms with Gasteiger partial charge in [-0.2, -0.15) is 0 Å². The Balaban J connectivity index is 2.21. The van der Waals surface area contributed by atoms with Crippen molar-refractivity contribution < 1.29 is 9.90 Å². The highest BCUT2D eigenvalue weighted by atomic mass is 79.9. The molecule has 86 valence electrons. The van der Waals surface area contributed by atoms with Gasteiger partial charge in [0.05, 0.1) is 0 Å². The van der Waals surface area contributed by atoms with Gasteiger partial charge in [-0.1, -0.05) is 15.9 Å². The van der Waals surface area contributed by atoms with Crippen LogP contribution in [0.4, 0.5) is 11.4 Å². The molecule has 0 aliphatic heterocycles. The van der Waals surface area contributed by atoms with E-state index in [4.69, 9.17) is 5.11 Å². The molecule has 2 N–H and O–H groups in total. The number of carboxylic acid groups (broad SMARTS) is 1. The van der Waals surface area contributed by atoms with Crippen molar-refractivity contribution in [3.8, 4) is 0 Å². The van der Waals surface area contributed by atoms with Crippen molar-refractivity contribution in [1.82, 2.24) is 4.98 Å². The molecule has 0 spiro atoms. The molecule has 2 rings (SSSR count). The lowest BCUT2D eigenvalue weighted by Crippen LogP contribution is -2.00. The molecule has 0 bridgehead atoms. The first-order valence-corrected chi connectivity index (χ1v) is 5.66. The van der Waals surface area contributed by atoms with Crippen LogP contribution in [-0.4, -0.2) is 16.1 Å². The van der Waals surface area contributed by atoms with Gasteiger partial charge in [0.2, 0.25) is 0 Å². The van der Waals surface area contributed by atoms with E-state index in [1.807, 2.05) is 24.3 Å². The molecule has 0 atom stereocenters. The Morgan fingerprint density at radius 3 is 2.53 bits per heavy atom. The van der Waals surface area contributed by atoms with Gasteiger partial charge < -0.3 is 10.4 Å². The van der Waals surface area contributed by atoms with E-state index in [1.54, 1.807) is 6.07 Å². The highest BCUT2D eigenvalue weighted by Gasteiger charge is 2.04. The predicted molar refractivity (Wildman–Crippen MR) is 68.6 cm³/mol. The van der Waals surface area contributed by atoms with Crippen LogP contribution in [0.2, 0.25) is 0 Å². The molecule has 17 heavy (non-hydrogen) atoms. The molecule has 4 nitrogen and oxygen atoms in total. The molecule has 0 aliphatic carbocycles. The van der Waals surface area contributed by atoms with Gasteiger partial charge in [0.1, 0.15) is 5.69 Å². The number of rotatable bonds is 3. The molecular formula is C12H9BrN2O2. The molecule has 1 heterocycles. The fourth-order valence-electron chi connectivity index (χ4n) is 1.33. The van der Waals surface area contributed by atoms with Crippen molar-refractivity contribution >= 4 is 33.3 Å². The van der Waals surface area contributed by atoms with E-state index in [1.165, 1.54) is 12.3 Å².